The van der Waals surface area contributed by atoms with E-state index in [-0.39, 0.29) is 17.6 Å². The summed E-state index contributed by atoms with van der Waals surface area (Å²) in [5.41, 5.74) is 0.824. The maximum Gasteiger partial charge on any atom is 0.414 e. The number of ether oxygens (including phenoxy) is 1. The number of amides is 1. The maximum atomic E-state index is 14.6. The van der Waals surface area contributed by atoms with Crippen molar-refractivity contribution in [3.63, 3.8) is 0 Å². The molecule has 7 nitrogen and oxygen atoms in total. The van der Waals surface area contributed by atoms with Gasteiger partial charge in [0, 0.05) is 34.3 Å². The largest absolute Gasteiger partial charge is 0.442 e. The molecule has 2 fully saturated rings. The Bertz CT molecular complexity index is 817. The number of carbonyl (C=O) groups excluding carboxylic acids is 1. The number of thiocarbonyl (C=S) groups is 1. The summed E-state index contributed by atoms with van der Waals surface area (Å²) in [6, 6.07) is 4.60. The van der Waals surface area contributed by atoms with Gasteiger partial charge in [0.15, 0.2) is 0 Å². The summed E-state index contributed by atoms with van der Waals surface area (Å²) in [4.78, 5) is 15.9. The van der Waals surface area contributed by atoms with Crippen LogP contribution in [0.2, 0.25) is 0 Å². The fourth-order valence-electron chi connectivity index (χ4n) is 2.99. The van der Waals surface area contributed by atoms with Gasteiger partial charge in [-0.3, -0.25) is 9.68 Å². The molecule has 0 aromatic heterocycles. The fraction of sp³-hybridized carbons (Fsp3) is 0.500. The molecule has 0 bridgehead atoms. The van der Waals surface area contributed by atoms with Gasteiger partial charge in [0.25, 0.3) is 0 Å². The minimum absolute atomic E-state index is 0.237. The number of hydrogen-bond donors (Lipinski definition) is 2. The van der Waals surface area contributed by atoms with Gasteiger partial charge in [-0.2, -0.15) is 0 Å². The van der Waals surface area contributed by atoms with E-state index in [1.165, 1.54) is 11.0 Å². The maximum absolute atomic E-state index is 14.6. The first-order chi connectivity index (χ1) is 12.2. The van der Waals surface area contributed by atoms with Crippen LogP contribution in [0.15, 0.2) is 18.2 Å². The molecular formula is C16H21FN4O3S2. The Labute approximate surface area is 157 Å². The Morgan fingerprint density at radius 2 is 2.15 bits per heavy atom. The number of rotatable bonds is 4. The van der Waals surface area contributed by atoms with Gasteiger partial charge >= 0.3 is 6.09 Å². The van der Waals surface area contributed by atoms with E-state index in [0.717, 1.165) is 0 Å². The molecule has 1 atom stereocenters. The number of cyclic esters (lactones) is 1. The number of hydrogen-bond acceptors (Lipinski definition) is 6. The van der Waals surface area contributed by atoms with E-state index in [0.29, 0.717) is 42.5 Å². The summed E-state index contributed by atoms with van der Waals surface area (Å²) in [7, 11) is -2.53. The second-order valence-corrected chi connectivity index (χ2v) is 9.45. The number of carbonyl (C=O) groups is 1. The third-order valence-corrected chi connectivity index (χ3v) is 6.25. The highest BCUT2D eigenvalue weighted by atomic mass is 32.2. The molecule has 1 aromatic carbocycles. The molecule has 2 heterocycles. The zero-order chi connectivity index (χ0) is 18.9. The van der Waals surface area contributed by atoms with Gasteiger partial charge in [0.05, 0.1) is 29.5 Å². The third-order valence-electron chi connectivity index (χ3n) is 4.42. The molecule has 10 heteroatoms. The highest BCUT2D eigenvalue weighted by Crippen LogP contribution is 2.28. The standard InChI is InChI=1S/C16H21FN4O3S2/c1-11(25)19-9-13-10-21(16(22)24-13)12-2-3-15(14(17)8-12)20-4-6-26(18,23)7-5-20/h2-3,8,13,18H,4-7,9-10H2,1H3,(H,19,25)/t13-/m0/s1. The number of halogens is 1. The lowest BCUT2D eigenvalue weighted by atomic mass is 10.2. The van der Waals surface area contributed by atoms with Gasteiger partial charge in [-0.25, -0.2) is 13.4 Å². The van der Waals surface area contributed by atoms with Crippen LogP contribution in [0.25, 0.3) is 0 Å². The van der Waals surface area contributed by atoms with Crippen LogP contribution in [0.1, 0.15) is 6.92 Å². The molecule has 142 valence electrons. The fourth-order valence-corrected chi connectivity index (χ4v) is 4.30. The second-order valence-electron chi connectivity index (χ2n) is 6.40. The highest BCUT2D eigenvalue weighted by molar-refractivity contribution is 7.92. The molecule has 2 N–H and O–H groups in total. The first-order valence-electron chi connectivity index (χ1n) is 8.26. The quantitative estimate of drug-likeness (QED) is 0.752. The van der Waals surface area contributed by atoms with Gasteiger partial charge in [0.1, 0.15) is 11.9 Å². The van der Waals surface area contributed by atoms with Gasteiger partial charge in [-0.15, -0.1) is 0 Å². The van der Waals surface area contributed by atoms with Gasteiger partial charge < -0.3 is 15.0 Å². The van der Waals surface area contributed by atoms with E-state index in [1.807, 2.05) is 0 Å². The predicted molar refractivity (Wildman–Crippen MR) is 103 cm³/mol. The molecular weight excluding hydrogens is 379 g/mol. The van der Waals surface area contributed by atoms with Gasteiger partial charge in [-0.1, -0.05) is 12.2 Å². The molecule has 1 aromatic rings. The average molecular weight is 401 g/mol. The smallest absolute Gasteiger partial charge is 0.414 e. The first-order valence-corrected chi connectivity index (χ1v) is 10.6. The number of anilines is 2. The molecule has 0 saturated carbocycles. The van der Waals surface area contributed by atoms with Crippen LogP contribution < -0.4 is 15.1 Å². The van der Waals surface area contributed by atoms with Crippen LogP contribution in [0.3, 0.4) is 0 Å². The molecule has 0 unspecified atom stereocenters. The Balaban J connectivity index is 1.69. The summed E-state index contributed by atoms with van der Waals surface area (Å²) in [6.07, 6.45) is -0.867. The molecule has 1 amide bonds. The van der Waals surface area contributed by atoms with Gasteiger partial charge in [-0.05, 0) is 25.1 Å². The molecule has 26 heavy (non-hydrogen) atoms. The third kappa shape index (κ3) is 4.24. The van der Waals surface area contributed by atoms with E-state index in [9.17, 15) is 13.4 Å². The van der Waals surface area contributed by atoms with Crippen LogP contribution in [0, 0.1) is 10.6 Å². The zero-order valence-corrected chi connectivity index (χ0v) is 16.0. The normalized spacial score (nSPS) is 22.2. The zero-order valence-electron chi connectivity index (χ0n) is 14.4. The SMILES string of the molecule is CC(=S)NC[C@H]1CN(c2ccc(N3CCS(=N)(=O)CC3)c(F)c2)C(=O)O1. The van der Waals surface area contributed by atoms with E-state index in [1.54, 1.807) is 24.0 Å². The van der Waals surface area contributed by atoms with E-state index >= 15 is 0 Å². The van der Waals surface area contributed by atoms with Crippen molar-refractivity contribution in [1.29, 1.82) is 4.78 Å². The molecule has 3 rings (SSSR count). The summed E-state index contributed by atoms with van der Waals surface area (Å²) < 4.78 is 39.2. The number of benzene rings is 1. The minimum atomic E-state index is -2.53. The molecule has 2 saturated heterocycles. The van der Waals surface area contributed by atoms with Crippen molar-refractivity contribution in [3.05, 3.63) is 24.0 Å². The Kier molecular flexibility index (Phi) is 5.33. The second kappa shape index (κ2) is 7.36. The van der Waals surface area contributed by atoms with Crippen LogP contribution in [0.4, 0.5) is 20.6 Å². The lowest BCUT2D eigenvalue weighted by Gasteiger charge is -2.30. The Hall–Kier alpha value is -1.94. The topological polar surface area (TPSA) is 85.7 Å². The van der Waals surface area contributed by atoms with Crippen molar-refractivity contribution in [1.82, 2.24) is 5.32 Å². The van der Waals surface area contributed by atoms with Crippen LogP contribution >= 0.6 is 12.2 Å². The van der Waals surface area contributed by atoms with Crippen LogP contribution in [-0.4, -0.2) is 59.1 Å². The number of nitrogens with one attached hydrogen (secondary N) is 2. The highest BCUT2D eigenvalue weighted by Gasteiger charge is 2.33. The Morgan fingerprint density at radius 3 is 2.77 bits per heavy atom. The molecule has 0 spiro atoms. The lowest BCUT2D eigenvalue weighted by Crippen LogP contribution is -2.40. The summed E-state index contributed by atoms with van der Waals surface area (Å²) >= 11 is 4.94. The van der Waals surface area contributed by atoms with Gasteiger partial charge in [0.2, 0.25) is 0 Å². The molecule has 0 aliphatic carbocycles. The average Bonchev–Trinajstić information content (AvgIpc) is 2.94. The van der Waals surface area contributed by atoms with E-state index < -0.39 is 21.6 Å². The van der Waals surface area contributed by atoms with Crippen LogP contribution in [-0.2, 0) is 14.5 Å². The molecule has 2 aliphatic heterocycles. The molecule has 0 radical (unpaired) electrons. The summed E-state index contributed by atoms with van der Waals surface area (Å²) in [6.45, 7) is 3.25. The predicted octanol–water partition coefficient (Wildman–Crippen LogP) is 1.95. The van der Waals surface area contributed by atoms with E-state index in [2.05, 4.69) is 5.32 Å². The summed E-state index contributed by atoms with van der Waals surface area (Å²) in [5, 5.41) is 2.96. The van der Waals surface area contributed by atoms with Crippen LogP contribution in [0.5, 0.6) is 0 Å². The van der Waals surface area contributed by atoms with Crippen molar-refractivity contribution in [3.8, 4) is 0 Å². The van der Waals surface area contributed by atoms with E-state index in [4.69, 9.17) is 21.7 Å². The lowest BCUT2D eigenvalue weighted by molar-refractivity contribution is 0.143. The van der Waals surface area contributed by atoms with Crippen molar-refractivity contribution in [2.45, 2.75) is 13.0 Å². The van der Waals surface area contributed by atoms with Crippen molar-refractivity contribution in [2.24, 2.45) is 0 Å². The first kappa shape index (κ1) is 18.8. The summed E-state index contributed by atoms with van der Waals surface area (Å²) in [5.74, 6) is 0.0197. The van der Waals surface area contributed by atoms with Crippen molar-refractivity contribution < 1.29 is 18.1 Å². The van der Waals surface area contributed by atoms with Crippen molar-refractivity contribution in [2.75, 3.05) is 47.5 Å². The van der Waals surface area contributed by atoms with Crippen molar-refractivity contribution >= 4 is 44.4 Å². The number of nitrogens with zero attached hydrogens (tertiary/aromatic N) is 2. The Morgan fingerprint density at radius 1 is 1.46 bits per heavy atom. The molecule has 2 aliphatic rings. The minimum Gasteiger partial charge on any atom is -0.442 e. The monoisotopic (exact) mass is 400 g/mol.